The van der Waals surface area contributed by atoms with E-state index in [0.717, 1.165) is 0 Å². The topological polar surface area (TPSA) is 84.2 Å². The third-order valence-corrected chi connectivity index (χ3v) is 2.87. The van der Waals surface area contributed by atoms with Gasteiger partial charge in [-0.1, -0.05) is 13.8 Å². The SMILES string of the molecule is CNC(=O)CC(C)CNC(=O)CC(C)C(C)N. The second kappa shape index (κ2) is 8.06. The van der Waals surface area contributed by atoms with Crippen molar-refractivity contribution in [1.29, 1.82) is 0 Å². The molecule has 5 nitrogen and oxygen atoms in total. The molecule has 0 aromatic rings. The highest BCUT2D eigenvalue weighted by Gasteiger charge is 2.14. The zero-order valence-electron chi connectivity index (χ0n) is 11.2. The number of rotatable bonds is 7. The molecule has 0 heterocycles. The van der Waals surface area contributed by atoms with Crippen molar-refractivity contribution in [1.82, 2.24) is 10.6 Å². The van der Waals surface area contributed by atoms with Crippen LogP contribution in [0, 0.1) is 11.8 Å². The Labute approximate surface area is 104 Å². The quantitative estimate of drug-likeness (QED) is 0.599. The Morgan fingerprint density at radius 2 is 1.71 bits per heavy atom. The molecule has 2 amide bonds. The maximum Gasteiger partial charge on any atom is 0.220 e. The van der Waals surface area contributed by atoms with Crippen molar-refractivity contribution < 1.29 is 9.59 Å². The van der Waals surface area contributed by atoms with Crippen LogP contribution >= 0.6 is 0 Å². The predicted molar refractivity (Wildman–Crippen MR) is 68.3 cm³/mol. The van der Waals surface area contributed by atoms with Gasteiger partial charge in [0.05, 0.1) is 0 Å². The Balaban J connectivity index is 3.80. The summed E-state index contributed by atoms with van der Waals surface area (Å²) in [6.45, 7) is 6.31. The monoisotopic (exact) mass is 243 g/mol. The fourth-order valence-corrected chi connectivity index (χ4v) is 1.33. The van der Waals surface area contributed by atoms with Crippen LogP contribution < -0.4 is 16.4 Å². The first-order chi connectivity index (χ1) is 7.86. The fraction of sp³-hybridized carbons (Fsp3) is 0.833. The summed E-state index contributed by atoms with van der Waals surface area (Å²) in [7, 11) is 1.61. The van der Waals surface area contributed by atoms with Gasteiger partial charge in [-0.15, -0.1) is 0 Å². The molecule has 0 aromatic heterocycles. The van der Waals surface area contributed by atoms with E-state index in [1.807, 2.05) is 20.8 Å². The molecule has 0 saturated heterocycles. The van der Waals surface area contributed by atoms with Gasteiger partial charge in [0.1, 0.15) is 0 Å². The minimum atomic E-state index is -0.00398. The summed E-state index contributed by atoms with van der Waals surface area (Å²) >= 11 is 0. The number of hydrogen-bond donors (Lipinski definition) is 3. The predicted octanol–water partition coefficient (Wildman–Crippen LogP) is 0.248. The van der Waals surface area contributed by atoms with E-state index in [1.54, 1.807) is 7.05 Å². The van der Waals surface area contributed by atoms with E-state index in [2.05, 4.69) is 10.6 Å². The average molecular weight is 243 g/mol. The molecule has 0 aliphatic carbocycles. The summed E-state index contributed by atoms with van der Waals surface area (Å²) in [5, 5.41) is 5.39. The summed E-state index contributed by atoms with van der Waals surface area (Å²) in [5.41, 5.74) is 5.69. The van der Waals surface area contributed by atoms with Gasteiger partial charge in [-0.25, -0.2) is 0 Å². The lowest BCUT2D eigenvalue weighted by Gasteiger charge is -2.16. The molecule has 3 unspecified atom stereocenters. The molecule has 0 aliphatic rings. The molecule has 0 aromatic carbocycles. The van der Waals surface area contributed by atoms with Gasteiger partial charge >= 0.3 is 0 Å². The van der Waals surface area contributed by atoms with Crippen molar-refractivity contribution in [2.45, 2.75) is 39.7 Å². The van der Waals surface area contributed by atoms with Crippen molar-refractivity contribution in [2.75, 3.05) is 13.6 Å². The number of nitrogens with one attached hydrogen (secondary N) is 2. The normalized spacial score (nSPS) is 15.8. The lowest BCUT2D eigenvalue weighted by Crippen LogP contribution is -2.34. The summed E-state index contributed by atoms with van der Waals surface area (Å²) in [5.74, 6) is 0.308. The zero-order valence-corrected chi connectivity index (χ0v) is 11.2. The molecular weight excluding hydrogens is 218 g/mol. The van der Waals surface area contributed by atoms with Crippen LogP contribution in [-0.4, -0.2) is 31.4 Å². The van der Waals surface area contributed by atoms with Crippen LogP contribution in [0.3, 0.4) is 0 Å². The van der Waals surface area contributed by atoms with Crippen molar-refractivity contribution in [3.63, 3.8) is 0 Å². The molecule has 3 atom stereocenters. The summed E-state index contributed by atoms with van der Waals surface area (Å²) < 4.78 is 0. The van der Waals surface area contributed by atoms with E-state index >= 15 is 0 Å². The van der Waals surface area contributed by atoms with E-state index in [-0.39, 0.29) is 29.7 Å². The molecule has 0 radical (unpaired) electrons. The smallest absolute Gasteiger partial charge is 0.220 e. The van der Waals surface area contributed by atoms with Crippen LogP contribution in [0.2, 0.25) is 0 Å². The lowest BCUT2D eigenvalue weighted by molar-refractivity contribution is -0.124. The molecule has 5 heteroatoms. The Hall–Kier alpha value is -1.10. The Morgan fingerprint density at radius 1 is 1.12 bits per heavy atom. The van der Waals surface area contributed by atoms with Gasteiger partial charge in [-0.05, 0) is 18.8 Å². The third-order valence-electron chi connectivity index (χ3n) is 2.87. The van der Waals surface area contributed by atoms with Gasteiger partial charge < -0.3 is 16.4 Å². The third kappa shape index (κ3) is 7.74. The zero-order chi connectivity index (χ0) is 13.4. The minimum Gasteiger partial charge on any atom is -0.359 e. The number of amides is 2. The first-order valence-corrected chi connectivity index (χ1v) is 6.09. The van der Waals surface area contributed by atoms with Gasteiger partial charge in [0.15, 0.2) is 0 Å². The first kappa shape index (κ1) is 15.9. The molecule has 17 heavy (non-hydrogen) atoms. The molecule has 0 rings (SSSR count). The van der Waals surface area contributed by atoms with E-state index in [4.69, 9.17) is 5.73 Å². The van der Waals surface area contributed by atoms with Crippen LogP contribution in [0.5, 0.6) is 0 Å². The maximum atomic E-state index is 11.6. The molecule has 100 valence electrons. The number of nitrogens with two attached hydrogens (primary N) is 1. The molecular formula is C12H25N3O2. The Bertz CT molecular complexity index is 254. The molecule has 4 N–H and O–H groups in total. The van der Waals surface area contributed by atoms with E-state index in [0.29, 0.717) is 19.4 Å². The largest absolute Gasteiger partial charge is 0.359 e. The minimum absolute atomic E-state index is 0.00134. The van der Waals surface area contributed by atoms with E-state index < -0.39 is 0 Å². The Kier molecular flexibility index (Phi) is 7.54. The number of carbonyl (C=O) groups excluding carboxylic acids is 2. The lowest BCUT2D eigenvalue weighted by atomic mass is 10.00. The standard InChI is InChI=1S/C12H25N3O2/c1-8(5-11(16)14-4)7-15-12(17)6-9(2)10(3)13/h8-10H,5-7,13H2,1-4H3,(H,14,16)(H,15,17). The summed E-state index contributed by atoms with van der Waals surface area (Å²) in [4.78, 5) is 22.6. The van der Waals surface area contributed by atoms with Gasteiger partial charge in [0, 0.05) is 32.5 Å². The van der Waals surface area contributed by atoms with Gasteiger partial charge in [0.2, 0.25) is 11.8 Å². The highest BCUT2D eigenvalue weighted by Crippen LogP contribution is 2.06. The summed E-state index contributed by atoms with van der Waals surface area (Å²) in [6, 6.07) is 0.0176. The average Bonchev–Trinajstić information content (AvgIpc) is 2.25. The van der Waals surface area contributed by atoms with Gasteiger partial charge in [-0.2, -0.15) is 0 Å². The first-order valence-electron chi connectivity index (χ1n) is 6.09. The molecule has 0 bridgehead atoms. The van der Waals surface area contributed by atoms with Crippen LogP contribution in [0.25, 0.3) is 0 Å². The molecule has 0 saturated carbocycles. The maximum absolute atomic E-state index is 11.6. The van der Waals surface area contributed by atoms with Crippen LogP contribution in [0.4, 0.5) is 0 Å². The van der Waals surface area contributed by atoms with Crippen molar-refractivity contribution in [3.8, 4) is 0 Å². The molecule has 0 spiro atoms. The van der Waals surface area contributed by atoms with Gasteiger partial charge in [-0.3, -0.25) is 9.59 Å². The van der Waals surface area contributed by atoms with E-state index in [1.165, 1.54) is 0 Å². The fourth-order valence-electron chi connectivity index (χ4n) is 1.33. The number of carbonyl (C=O) groups is 2. The van der Waals surface area contributed by atoms with E-state index in [9.17, 15) is 9.59 Å². The van der Waals surface area contributed by atoms with Crippen molar-refractivity contribution >= 4 is 11.8 Å². The molecule has 0 fully saturated rings. The highest BCUT2D eigenvalue weighted by atomic mass is 16.2. The Morgan fingerprint density at radius 3 is 2.18 bits per heavy atom. The van der Waals surface area contributed by atoms with Crippen molar-refractivity contribution in [3.05, 3.63) is 0 Å². The van der Waals surface area contributed by atoms with Gasteiger partial charge in [0.25, 0.3) is 0 Å². The second-order valence-electron chi connectivity index (χ2n) is 4.83. The van der Waals surface area contributed by atoms with Crippen LogP contribution in [0.1, 0.15) is 33.6 Å². The second-order valence-corrected chi connectivity index (χ2v) is 4.83. The highest BCUT2D eigenvalue weighted by molar-refractivity contribution is 5.77. The molecule has 0 aliphatic heterocycles. The van der Waals surface area contributed by atoms with Crippen LogP contribution in [-0.2, 0) is 9.59 Å². The number of hydrogen-bond acceptors (Lipinski definition) is 3. The van der Waals surface area contributed by atoms with Crippen molar-refractivity contribution in [2.24, 2.45) is 17.6 Å². The summed E-state index contributed by atoms with van der Waals surface area (Å²) in [6.07, 6.45) is 0.865. The van der Waals surface area contributed by atoms with Crippen LogP contribution in [0.15, 0.2) is 0 Å².